The second kappa shape index (κ2) is 4.64. The molecule has 0 spiro atoms. The van der Waals surface area contributed by atoms with Crippen LogP contribution in [0.15, 0.2) is 29.6 Å². The Morgan fingerprint density at radius 2 is 2.33 bits per heavy atom. The topological polar surface area (TPSA) is 24.9 Å². The van der Waals surface area contributed by atoms with Crippen LogP contribution in [0.25, 0.3) is 0 Å². The van der Waals surface area contributed by atoms with Crippen LogP contribution in [0.4, 0.5) is 10.8 Å². The molecule has 0 unspecified atom stereocenters. The van der Waals surface area contributed by atoms with E-state index in [2.05, 4.69) is 10.3 Å². The van der Waals surface area contributed by atoms with Crippen molar-refractivity contribution in [2.24, 2.45) is 0 Å². The number of hydrogen-bond acceptors (Lipinski definition) is 3. The molecule has 0 amide bonds. The highest BCUT2D eigenvalue weighted by molar-refractivity contribution is 7.13. The lowest BCUT2D eigenvalue weighted by Gasteiger charge is -2.03. The SMILES string of the molecule is Cc1csc(Nc2cccc(CCl)c2)n1. The van der Waals surface area contributed by atoms with Crippen molar-refractivity contribution in [2.75, 3.05) is 5.32 Å². The van der Waals surface area contributed by atoms with Crippen LogP contribution in [-0.2, 0) is 5.88 Å². The number of anilines is 2. The Kier molecular flexibility index (Phi) is 3.23. The zero-order valence-corrected chi connectivity index (χ0v) is 9.90. The first kappa shape index (κ1) is 10.5. The van der Waals surface area contributed by atoms with Gasteiger partial charge in [-0.05, 0) is 24.6 Å². The Hall–Kier alpha value is -1.06. The lowest BCUT2D eigenvalue weighted by molar-refractivity contribution is 1.26. The number of thiazole rings is 1. The fourth-order valence-corrected chi connectivity index (χ4v) is 2.14. The molecule has 1 aromatic heterocycles. The third-order valence-electron chi connectivity index (χ3n) is 1.95. The summed E-state index contributed by atoms with van der Waals surface area (Å²) in [6.45, 7) is 1.98. The molecule has 2 nitrogen and oxygen atoms in total. The molecule has 0 saturated carbocycles. The maximum atomic E-state index is 5.77. The maximum absolute atomic E-state index is 5.77. The first-order valence-electron chi connectivity index (χ1n) is 4.62. The minimum absolute atomic E-state index is 0.534. The predicted octanol–water partition coefficient (Wildman–Crippen LogP) is 3.93. The molecule has 0 aliphatic carbocycles. The number of aromatic nitrogens is 1. The highest BCUT2D eigenvalue weighted by atomic mass is 35.5. The summed E-state index contributed by atoms with van der Waals surface area (Å²) in [4.78, 5) is 4.34. The zero-order chi connectivity index (χ0) is 10.7. The molecule has 0 bridgehead atoms. The number of aryl methyl sites for hydroxylation is 1. The van der Waals surface area contributed by atoms with Gasteiger partial charge in [0.15, 0.2) is 5.13 Å². The van der Waals surface area contributed by atoms with Gasteiger partial charge in [-0.3, -0.25) is 0 Å². The highest BCUT2D eigenvalue weighted by Crippen LogP contribution is 2.21. The Morgan fingerprint density at radius 3 is 3.00 bits per heavy atom. The fraction of sp³-hybridized carbons (Fsp3) is 0.182. The zero-order valence-electron chi connectivity index (χ0n) is 8.33. The van der Waals surface area contributed by atoms with Crippen molar-refractivity contribution >= 4 is 33.8 Å². The summed E-state index contributed by atoms with van der Waals surface area (Å²) in [5.74, 6) is 0.534. The largest absolute Gasteiger partial charge is 0.332 e. The number of nitrogens with one attached hydrogen (secondary N) is 1. The van der Waals surface area contributed by atoms with Gasteiger partial charge in [0.2, 0.25) is 0 Å². The van der Waals surface area contributed by atoms with Crippen molar-refractivity contribution in [3.8, 4) is 0 Å². The molecule has 0 aliphatic heterocycles. The number of rotatable bonds is 3. The maximum Gasteiger partial charge on any atom is 0.187 e. The molecule has 0 atom stereocenters. The summed E-state index contributed by atoms with van der Waals surface area (Å²) in [6.07, 6.45) is 0. The molecule has 0 fully saturated rings. The fourth-order valence-electron chi connectivity index (χ4n) is 1.27. The lowest BCUT2D eigenvalue weighted by Crippen LogP contribution is -1.90. The van der Waals surface area contributed by atoms with E-state index in [0.717, 1.165) is 22.1 Å². The number of halogens is 1. The van der Waals surface area contributed by atoms with Gasteiger partial charge in [-0.25, -0.2) is 4.98 Å². The van der Waals surface area contributed by atoms with Crippen LogP contribution in [0.5, 0.6) is 0 Å². The minimum atomic E-state index is 0.534. The molecule has 78 valence electrons. The monoisotopic (exact) mass is 238 g/mol. The minimum Gasteiger partial charge on any atom is -0.332 e. The van der Waals surface area contributed by atoms with E-state index in [1.54, 1.807) is 11.3 Å². The van der Waals surface area contributed by atoms with Crippen molar-refractivity contribution in [3.63, 3.8) is 0 Å². The third kappa shape index (κ3) is 2.70. The first-order chi connectivity index (χ1) is 7.28. The molecule has 1 aromatic carbocycles. The van der Waals surface area contributed by atoms with E-state index < -0.39 is 0 Å². The summed E-state index contributed by atoms with van der Waals surface area (Å²) in [7, 11) is 0. The molecular weight excluding hydrogens is 228 g/mol. The quantitative estimate of drug-likeness (QED) is 0.820. The summed E-state index contributed by atoms with van der Waals surface area (Å²) in [6, 6.07) is 8.03. The van der Waals surface area contributed by atoms with E-state index in [-0.39, 0.29) is 0 Å². The van der Waals surface area contributed by atoms with Gasteiger partial charge in [-0.15, -0.1) is 22.9 Å². The van der Waals surface area contributed by atoms with E-state index in [1.807, 2.05) is 36.6 Å². The summed E-state index contributed by atoms with van der Waals surface area (Å²) >= 11 is 7.37. The van der Waals surface area contributed by atoms with Gasteiger partial charge in [0.05, 0.1) is 5.69 Å². The van der Waals surface area contributed by atoms with Crippen LogP contribution in [0.1, 0.15) is 11.3 Å². The van der Waals surface area contributed by atoms with Crippen LogP contribution in [0.2, 0.25) is 0 Å². The third-order valence-corrected chi connectivity index (χ3v) is 3.14. The van der Waals surface area contributed by atoms with E-state index in [0.29, 0.717) is 5.88 Å². The molecule has 0 saturated heterocycles. The number of alkyl halides is 1. The Balaban J connectivity index is 2.16. The second-order valence-electron chi connectivity index (χ2n) is 3.25. The van der Waals surface area contributed by atoms with Crippen molar-refractivity contribution in [2.45, 2.75) is 12.8 Å². The summed E-state index contributed by atoms with van der Waals surface area (Å²) in [5, 5.41) is 6.19. The molecule has 0 aliphatic rings. The van der Waals surface area contributed by atoms with Gasteiger partial charge in [0.25, 0.3) is 0 Å². The van der Waals surface area contributed by atoms with E-state index >= 15 is 0 Å². The molecule has 1 N–H and O–H groups in total. The smallest absolute Gasteiger partial charge is 0.187 e. The van der Waals surface area contributed by atoms with Gasteiger partial charge in [0.1, 0.15) is 0 Å². The van der Waals surface area contributed by atoms with Crippen molar-refractivity contribution in [3.05, 3.63) is 40.9 Å². The highest BCUT2D eigenvalue weighted by Gasteiger charge is 1.99. The molecule has 15 heavy (non-hydrogen) atoms. The van der Waals surface area contributed by atoms with Crippen LogP contribution in [-0.4, -0.2) is 4.98 Å². The average Bonchev–Trinajstić information content (AvgIpc) is 2.64. The van der Waals surface area contributed by atoms with Gasteiger partial charge >= 0.3 is 0 Å². The van der Waals surface area contributed by atoms with Crippen molar-refractivity contribution in [1.82, 2.24) is 4.98 Å². The number of benzene rings is 1. The van der Waals surface area contributed by atoms with Crippen LogP contribution in [0, 0.1) is 6.92 Å². The second-order valence-corrected chi connectivity index (χ2v) is 4.38. The number of nitrogens with zero attached hydrogens (tertiary/aromatic N) is 1. The average molecular weight is 239 g/mol. The molecule has 2 aromatic rings. The molecule has 0 radical (unpaired) electrons. The Bertz CT molecular complexity index is 453. The first-order valence-corrected chi connectivity index (χ1v) is 6.03. The normalized spacial score (nSPS) is 10.3. The van der Waals surface area contributed by atoms with Crippen molar-refractivity contribution in [1.29, 1.82) is 0 Å². The molecular formula is C11H11ClN2S. The van der Waals surface area contributed by atoms with E-state index in [1.165, 1.54) is 0 Å². The van der Waals surface area contributed by atoms with Crippen molar-refractivity contribution < 1.29 is 0 Å². The van der Waals surface area contributed by atoms with Gasteiger partial charge in [-0.1, -0.05) is 12.1 Å². The Morgan fingerprint density at radius 1 is 1.47 bits per heavy atom. The van der Waals surface area contributed by atoms with Gasteiger partial charge in [0, 0.05) is 16.9 Å². The molecule has 1 heterocycles. The van der Waals surface area contributed by atoms with Crippen LogP contribution in [0.3, 0.4) is 0 Å². The standard InChI is InChI=1S/C11H11ClN2S/c1-8-7-15-11(13-8)14-10-4-2-3-9(5-10)6-12/h2-5,7H,6H2,1H3,(H,13,14). The molecule has 2 rings (SSSR count). The summed E-state index contributed by atoms with van der Waals surface area (Å²) in [5.41, 5.74) is 3.17. The van der Waals surface area contributed by atoms with E-state index in [9.17, 15) is 0 Å². The van der Waals surface area contributed by atoms with E-state index in [4.69, 9.17) is 11.6 Å². The van der Waals surface area contributed by atoms with Crippen LogP contribution >= 0.6 is 22.9 Å². The van der Waals surface area contributed by atoms with Gasteiger partial charge in [-0.2, -0.15) is 0 Å². The molecule has 4 heteroatoms. The predicted molar refractivity (Wildman–Crippen MR) is 66.1 cm³/mol. The summed E-state index contributed by atoms with van der Waals surface area (Å²) < 4.78 is 0. The lowest BCUT2D eigenvalue weighted by atomic mass is 10.2. The van der Waals surface area contributed by atoms with Gasteiger partial charge < -0.3 is 5.32 Å². The van der Waals surface area contributed by atoms with Crippen LogP contribution < -0.4 is 5.32 Å². The Labute approximate surface area is 97.9 Å². The number of hydrogen-bond donors (Lipinski definition) is 1.